The maximum absolute atomic E-state index is 12.6. The van der Waals surface area contributed by atoms with Gasteiger partial charge >= 0.3 is 6.18 Å². The van der Waals surface area contributed by atoms with Gasteiger partial charge in [0.05, 0.1) is 18.8 Å². The smallest absolute Gasteiger partial charge is 0.416 e. The second-order valence-electron chi connectivity index (χ2n) is 6.77. The lowest BCUT2D eigenvalue weighted by Gasteiger charge is -2.10. The van der Waals surface area contributed by atoms with E-state index in [1.54, 1.807) is 18.2 Å². The van der Waals surface area contributed by atoms with Crippen molar-refractivity contribution in [2.75, 3.05) is 18.5 Å². The van der Waals surface area contributed by atoms with E-state index in [1.165, 1.54) is 12.1 Å². The van der Waals surface area contributed by atoms with Crippen LogP contribution in [0.15, 0.2) is 42.5 Å². The van der Waals surface area contributed by atoms with Crippen molar-refractivity contribution in [3.05, 3.63) is 53.6 Å². The average Bonchev–Trinajstić information content (AvgIpc) is 3.45. The molecule has 2 aromatic rings. The van der Waals surface area contributed by atoms with Crippen LogP contribution >= 0.6 is 0 Å². The minimum atomic E-state index is -4.35. The summed E-state index contributed by atoms with van der Waals surface area (Å²) in [5, 5.41) is 2.86. The first-order chi connectivity index (χ1) is 12.9. The monoisotopic (exact) mass is 377 g/mol. The lowest BCUT2D eigenvalue weighted by Crippen LogP contribution is -2.14. The number of carbonyl (C=O) groups excluding carboxylic acids is 1. The molecule has 0 aromatic heterocycles. The number of fused-ring (bicyclic) bond motifs is 1. The molecule has 0 spiro atoms. The molecule has 1 saturated carbocycles. The lowest BCUT2D eigenvalue weighted by atomic mass is 10.1. The average molecular weight is 377 g/mol. The van der Waals surface area contributed by atoms with Gasteiger partial charge in [0.1, 0.15) is 0 Å². The predicted molar refractivity (Wildman–Crippen MR) is 93.0 cm³/mol. The fourth-order valence-electron chi connectivity index (χ4n) is 3.25. The molecule has 2 aromatic carbocycles. The number of hydrogen-bond donors (Lipinski definition) is 1. The molecule has 0 saturated heterocycles. The molecule has 1 heterocycles. The van der Waals surface area contributed by atoms with Gasteiger partial charge in [-0.1, -0.05) is 12.1 Å². The number of nitrogens with one attached hydrogen (secondary N) is 1. The van der Waals surface area contributed by atoms with Crippen molar-refractivity contribution in [1.29, 1.82) is 0 Å². The summed E-state index contributed by atoms with van der Waals surface area (Å²) in [4.78, 5) is 12.5. The van der Waals surface area contributed by atoms with Crippen LogP contribution in [-0.2, 0) is 11.0 Å². The van der Waals surface area contributed by atoms with Gasteiger partial charge in [-0.2, -0.15) is 13.2 Å². The molecular weight excluding hydrogens is 359 g/mol. The summed E-state index contributed by atoms with van der Waals surface area (Å²) < 4.78 is 49.1. The molecule has 0 radical (unpaired) electrons. The van der Waals surface area contributed by atoms with Gasteiger partial charge < -0.3 is 14.8 Å². The number of benzene rings is 2. The Kier molecular flexibility index (Phi) is 4.45. The van der Waals surface area contributed by atoms with Gasteiger partial charge in [-0.3, -0.25) is 4.79 Å². The Hall–Kier alpha value is -2.70. The highest BCUT2D eigenvalue weighted by atomic mass is 19.4. The van der Waals surface area contributed by atoms with E-state index in [9.17, 15) is 18.0 Å². The Morgan fingerprint density at radius 3 is 2.41 bits per heavy atom. The van der Waals surface area contributed by atoms with Crippen molar-refractivity contribution in [2.24, 2.45) is 5.92 Å². The minimum absolute atomic E-state index is 0.0484. The van der Waals surface area contributed by atoms with E-state index in [2.05, 4.69) is 5.32 Å². The van der Waals surface area contributed by atoms with Crippen LogP contribution in [0.2, 0.25) is 0 Å². The number of hydrogen-bond acceptors (Lipinski definition) is 3. The molecule has 27 heavy (non-hydrogen) atoms. The van der Waals surface area contributed by atoms with Crippen LogP contribution in [0.3, 0.4) is 0 Å². The molecule has 2 atom stereocenters. The lowest BCUT2D eigenvalue weighted by molar-refractivity contribution is -0.137. The highest BCUT2D eigenvalue weighted by molar-refractivity contribution is 5.95. The normalized spacial score (nSPS) is 21.3. The number of halogens is 3. The third-order valence-corrected chi connectivity index (χ3v) is 4.81. The van der Waals surface area contributed by atoms with Crippen LogP contribution < -0.4 is 14.8 Å². The van der Waals surface area contributed by atoms with E-state index >= 15 is 0 Å². The predicted octanol–water partition coefficient (Wildman–Crippen LogP) is 4.61. The van der Waals surface area contributed by atoms with E-state index in [4.69, 9.17) is 9.47 Å². The zero-order valence-electron chi connectivity index (χ0n) is 14.4. The summed E-state index contributed by atoms with van der Waals surface area (Å²) in [5.74, 6) is 0.819. The van der Waals surface area contributed by atoms with Gasteiger partial charge in [0.25, 0.3) is 0 Å². The third kappa shape index (κ3) is 3.86. The number of carbonyl (C=O) groups is 1. The first kappa shape index (κ1) is 17.7. The molecular formula is C20H18F3NO3. The Morgan fingerprint density at radius 1 is 1.00 bits per heavy atom. The van der Waals surface area contributed by atoms with E-state index in [0.717, 1.165) is 24.1 Å². The van der Waals surface area contributed by atoms with Crippen LogP contribution in [0.25, 0.3) is 0 Å². The highest BCUT2D eigenvalue weighted by Crippen LogP contribution is 2.48. The fraction of sp³-hybridized carbons (Fsp3) is 0.350. The van der Waals surface area contributed by atoms with Gasteiger partial charge in [0, 0.05) is 24.1 Å². The molecule has 1 amide bonds. The Bertz CT molecular complexity index is 849. The van der Waals surface area contributed by atoms with Crippen molar-refractivity contribution in [2.45, 2.75) is 24.9 Å². The quantitative estimate of drug-likeness (QED) is 0.850. The molecule has 1 fully saturated rings. The molecule has 2 unspecified atom stereocenters. The van der Waals surface area contributed by atoms with Gasteiger partial charge in [-0.15, -0.1) is 0 Å². The highest BCUT2D eigenvalue weighted by Gasteiger charge is 2.44. The Morgan fingerprint density at radius 2 is 1.70 bits per heavy atom. The van der Waals surface area contributed by atoms with Crippen molar-refractivity contribution < 1.29 is 27.4 Å². The zero-order chi connectivity index (χ0) is 19.0. The van der Waals surface area contributed by atoms with Crippen LogP contribution in [0, 0.1) is 5.92 Å². The first-order valence-corrected chi connectivity index (χ1v) is 8.79. The van der Waals surface area contributed by atoms with E-state index < -0.39 is 11.7 Å². The SMILES string of the molecule is O=C(Nc1ccc2c(c1)OCCCO2)C1CC1c1ccc(C(F)(F)F)cc1. The summed E-state index contributed by atoms with van der Waals surface area (Å²) in [6, 6.07) is 10.3. The first-order valence-electron chi connectivity index (χ1n) is 8.79. The summed E-state index contributed by atoms with van der Waals surface area (Å²) in [7, 11) is 0. The molecule has 2 aliphatic rings. The molecule has 4 rings (SSSR count). The van der Waals surface area contributed by atoms with Crippen molar-refractivity contribution >= 4 is 11.6 Å². The fourth-order valence-corrected chi connectivity index (χ4v) is 3.25. The second kappa shape index (κ2) is 6.79. The zero-order valence-corrected chi connectivity index (χ0v) is 14.4. The van der Waals surface area contributed by atoms with E-state index in [0.29, 0.717) is 36.8 Å². The van der Waals surface area contributed by atoms with Gasteiger partial charge in [-0.05, 0) is 42.2 Å². The maximum atomic E-state index is 12.6. The number of rotatable bonds is 3. The standard InChI is InChI=1S/C20H18F3NO3/c21-20(22,23)13-4-2-12(3-5-13)15-11-16(15)19(25)24-14-6-7-17-18(10-14)27-9-1-8-26-17/h2-7,10,15-16H,1,8-9,11H2,(H,24,25). The van der Waals surface area contributed by atoms with Crippen LogP contribution in [0.5, 0.6) is 11.5 Å². The molecule has 0 bridgehead atoms. The molecule has 4 nitrogen and oxygen atoms in total. The topological polar surface area (TPSA) is 47.6 Å². The molecule has 7 heteroatoms. The summed E-state index contributed by atoms with van der Waals surface area (Å²) in [6.45, 7) is 1.15. The third-order valence-electron chi connectivity index (χ3n) is 4.81. The summed E-state index contributed by atoms with van der Waals surface area (Å²) >= 11 is 0. The van der Waals surface area contributed by atoms with Gasteiger partial charge in [-0.25, -0.2) is 0 Å². The summed E-state index contributed by atoms with van der Waals surface area (Å²) in [6.07, 6.45) is -2.93. The van der Waals surface area contributed by atoms with Gasteiger partial charge in [0.15, 0.2) is 11.5 Å². The van der Waals surface area contributed by atoms with Crippen LogP contribution in [0.1, 0.15) is 29.9 Å². The number of amides is 1. The largest absolute Gasteiger partial charge is 0.490 e. The van der Waals surface area contributed by atoms with Crippen LogP contribution in [0.4, 0.5) is 18.9 Å². The number of anilines is 1. The molecule has 1 N–H and O–H groups in total. The van der Waals surface area contributed by atoms with Gasteiger partial charge in [0.2, 0.25) is 5.91 Å². The Labute approximate surface area is 154 Å². The van der Waals surface area contributed by atoms with E-state index in [1.807, 2.05) is 0 Å². The molecule has 142 valence electrons. The number of ether oxygens (including phenoxy) is 2. The van der Waals surface area contributed by atoms with Crippen molar-refractivity contribution in [3.63, 3.8) is 0 Å². The second-order valence-corrected chi connectivity index (χ2v) is 6.77. The van der Waals surface area contributed by atoms with Crippen LogP contribution in [-0.4, -0.2) is 19.1 Å². The van der Waals surface area contributed by atoms with Crippen molar-refractivity contribution in [3.8, 4) is 11.5 Å². The summed E-state index contributed by atoms with van der Waals surface area (Å²) in [5.41, 5.74) is 0.684. The maximum Gasteiger partial charge on any atom is 0.416 e. The molecule has 1 aliphatic heterocycles. The van der Waals surface area contributed by atoms with E-state index in [-0.39, 0.29) is 17.7 Å². The number of alkyl halides is 3. The Balaban J connectivity index is 1.40. The van der Waals surface area contributed by atoms with Crippen molar-refractivity contribution in [1.82, 2.24) is 0 Å². The molecule has 1 aliphatic carbocycles. The minimum Gasteiger partial charge on any atom is -0.490 e.